The molecule has 0 bridgehead atoms. The van der Waals surface area contributed by atoms with Crippen molar-refractivity contribution in [3.05, 3.63) is 89.0 Å². The van der Waals surface area contributed by atoms with E-state index in [0.29, 0.717) is 34.1 Å². The molecule has 158 valence electrons. The molecule has 3 aromatic carbocycles. The smallest absolute Gasteiger partial charge is 0.343 e. The molecule has 0 aliphatic carbocycles. The van der Waals surface area contributed by atoms with Crippen molar-refractivity contribution in [2.24, 2.45) is 0 Å². The second-order valence-electron chi connectivity index (χ2n) is 7.02. The molecule has 7 heteroatoms. The predicted molar refractivity (Wildman–Crippen MR) is 117 cm³/mol. The lowest BCUT2D eigenvalue weighted by atomic mass is 10.1. The number of esters is 1. The van der Waals surface area contributed by atoms with E-state index in [1.807, 2.05) is 19.1 Å². The Labute approximate surface area is 184 Å². The molecule has 32 heavy (non-hydrogen) atoms. The van der Waals surface area contributed by atoms with Crippen LogP contribution in [0.2, 0.25) is 0 Å². The second-order valence-corrected chi connectivity index (χ2v) is 7.02. The van der Waals surface area contributed by atoms with Crippen LogP contribution in [-0.2, 0) is 4.79 Å². The van der Waals surface area contributed by atoms with Gasteiger partial charge in [0.05, 0.1) is 5.56 Å². The summed E-state index contributed by atoms with van der Waals surface area (Å²) in [5.74, 6) is 0.354. The van der Waals surface area contributed by atoms with Gasteiger partial charge in [0, 0.05) is 11.8 Å². The van der Waals surface area contributed by atoms with E-state index in [0.717, 1.165) is 5.56 Å². The molecule has 0 radical (unpaired) electrons. The summed E-state index contributed by atoms with van der Waals surface area (Å²) in [7, 11) is 0. The number of fused-ring (bicyclic) bond motifs is 1. The number of nitriles is 1. The Balaban J connectivity index is 1.48. The molecule has 0 aromatic heterocycles. The topological polar surface area (TPSA) is 97.7 Å². The lowest BCUT2D eigenvalue weighted by Gasteiger charge is -2.07. The van der Waals surface area contributed by atoms with Crippen molar-refractivity contribution < 1.29 is 23.8 Å². The summed E-state index contributed by atoms with van der Waals surface area (Å²) in [5, 5.41) is 12.1. The quantitative estimate of drug-likeness (QED) is 0.279. The number of ether oxygens (including phenoxy) is 3. The molecule has 1 amide bonds. The Morgan fingerprint density at radius 1 is 1.03 bits per heavy atom. The fraction of sp³-hybridized carbons (Fsp3) is 0.0800. The third-order valence-electron chi connectivity index (χ3n) is 4.63. The van der Waals surface area contributed by atoms with Crippen LogP contribution in [0.1, 0.15) is 21.5 Å². The number of rotatable bonds is 5. The van der Waals surface area contributed by atoms with Gasteiger partial charge >= 0.3 is 5.97 Å². The average Bonchev–Trinajstić information content (AvgIpc) is 3.25. The Kier molecular flexibility index (Phi) is 5.86. The Morgan fingerprint density at radius 3 is 2.66 bits per heavy atom. The Bertz CT molecular complexity index is 1270. The summed E-state index contributed by atoms with van der Waals surface area (Å²) in [6.07, 6.45) is 1.42. The molecule has 1 aliphatic heterocycles. The number of benzene rings is 3. The minimum absolute atomic E-state index is 0.107. The maximum Gasteiger partial charge on any atom is 0.343 e. The maximum absolute atomic E-state index is 12.6. The highest BCUT2D eigenvalue weighted by Gasteiger charge is 2.16. The zero-order valence-corrected chi connectivity index (χ0v) is 17.1. The molecule has 0 atom stereocenters. The number of nitrogens with one attached hydrogen (secondary N) is 1. The molecular formula is C25H18N2O5. The van der Waals surface area contributed by atoms with Gasteiger partial charge in [-0.25, -0.2) is 4.79 Å². The van der Waals surface area contributed by atoms with Crippen LogP contribution in [0, 0.1) is 18.3 Å². The van der Waals surface area contributed by atoms with Gasteiger partial charge in [-0.3, -0.25) is 4.79 Å². The van der Waals surface area contributed by atoms with E-state index in [1.54, 1.807) is 60.7 Å². The van der Waals surface area contributed by atoms with Crippen LogP contribution in [0.4, 0.5) is 5.69 Å². The van der Waals surface area contributed by atoms with Crippen molar-refractivity contribution >= 4 is 23.6 Å². The zero-order valence-electron chi connectivity index (χ0n) is 17.1. The van der Waals surface area contributed by atoms with Crippen molar-refractivity contribution in [3.8, 4) is 23.3 Å². The van der Waals surface area contributed by atoms with Crippen LogP contribution >= 0.6 is 0 Å². The van der Waals surface area contributed by atoms with E-state index < -0.39 is 11.9 Å². The lowest BCUT2D eigenvalue weighted by Crippen LogP contribution is -2.13. The van der Waals surface area contributed by atoms with Crippen molar-refractivity contribution in [2.45, 2.75) is 6.92 Å². The first-order chi connectivity index (χ1) is 15.5. The van der Waals surface area contributed by atoms with Crippen LogP contribution in [0.5, 0.6) is 17.2 Å². The molecular weight excluding hydrogens is 408 g/mol. The number of aryl methyl sites for hydroxylation is 1. The molecule has 1 N–H and O–H groups in total. The van der Waals surface area contributed by atoms with Crippen LogP contribution in [-0.4, -0.2) is 18.7 Å². The van der Waals surface area contributed by atoms with Gasteiger partial charge in [0.1, 0.15) is 17.4 Å². The zero-order chi connectivity index (χ0) is 22.5. The first-order valence-electron chi connectivity index (χ1n) is 9.73. The van der Waals surface area contributed by atoms with Crippen molar-refractivity contribution in [1.29, 1.82) is 5.26 Å². The lowest BCUT2D eigenvalue weighted by molar-refractivity contribution is -0.112. The van der Waals surface area contributed by atoms with E-state index in [4.69, 9.17) is 14.2 Å². The van der Waals surface area contributed by atoms with Crippen LogP contribution in [0.25, 0.3) is 6.08 Å². The molecule has 4 rings (SSSR count). The number of carbonyl (C=O) groups is 2. The van der Waals surface area contributed by atoms with Gasteiger partial charge in [-0.1, -0.05) is 29.8 Å². The number of nitrogens with zero attached hydrogens (tertiary/aromatic N) is 1. The molecule has 1 aliphatic rings. The first kappa shape index (κ1) is 20.7. The van der Waals surface area contributed by atoms with Gasteiger partial charge < -0.3 is 19.5 Å². The van der Waals surface area contributed by atoms with E-state index in [-0.39, 0.29) is 12.4 Å². The number of amides is 1. The van der Waals surface area contributed by atoms with Gasteiger partial charge in [-0.05, 0) is 55.0 Å². The molecule has 0 saturated carbocycles. The SMILES string of the molecule is Cc1cccc(C(=O)Oc2cccc(C=C(C#N)C(=O)Nc3ccc4c(c3)OCO4)c2)c1. The largest absolute Gasteiger partial charge is 0.454 e. The normalized spacial score (nSPS) is 12.1. The number of carbonyl (C=O) groups excluding carboxylic acids is 2. The van der Waals surface area contributed by atoms with Gasteiger partial charge in [-0.15, -0.1) is 0 Å². The van der Waals surface area contributed by atoms with Gasteiger partial charge in [0.15, 0.2) is 11.5 Å². The molecule has 1 heterocycles. The fourth-order valence-electron chi connectivity index (χ4n) is 3.09. The van der Waals surface area contributed by atoms with Crippen molar-refractivity contribution in [2.75, 3.05) is 12.1 Å². The highest BCUT2D eigenvalue weighted by molar-refractivity contribution is 6.09. The third-order valence-corrected chi connectivity index (χ3v) is 4.63. The summed E-state index contributed by atoms with van der Waals surface area (Å²) in [4.78, 5) is 24.9. The van der Waals surface area contributed by atoms with Gasteiger partial charge in [0.25, 0.3) is 5.91 Å². The summed E-state index contributed by atoms with van der Waals surface area (Å²) < 4.78 is 16.0. The van der Waals surface area contributed by atoms with Crippen molar-refractivity contribution in [1.82, 2.24) is 0 Å². The standard InChI is InChI=1S/C25H18N2O5/c1-16-4-2-6-18(10-16)25(29)32-21-7-3-5-17(12-21)11-19(14-26)24(28)27-20-8-9-22-23(13-20)31-15-30-22/h2-13H,15H2,1H3,(H,27,28). The van der Waals surface area contributed by atoms with E-state index in [1.165, 1.54) is 6.08 Å². The molecule has 7 nitrogen and oxygen atoms in total. The summed E-state index contributed by atoms with van der Waals surface area (Å²) in [6, 6.07) is 20.5. The highest BCUT2D eigenvalue weighted by Crippen LogP contribution is 2.34. The first-order valence-corrected chi connectivity index (χ1v) is 9.73. The van der Waals surface area contributed by atoms with Gasteiger partial charge in [0.2, 0.25) is 6.79 Å². The number of hydrogen-bond acceptors (Lipinski definition) is 6. The Hall–Kier alpha value is -4.57. The van der Waals surface area contributed by atoms with E-state index in [9.17, 15) is 14.9 Å². The van der Waals surface area contributed by atoms with E-state index in [2.05, 4.69) is 5.32 Å². The molecule has 0 saturated heterocycles. The van der Waals surface area contributed by atoms with Crippen LogP contribution in [0.15, 0.2) is 72.3 Å². The highest BCUT2D eigenvalue weighted by atomic mass is 16.7. The average molecular weight is 426 g/mol. The summed E-state index contributed by atoms with van der Waals surface area (Å²) in [5.41, 5.74) is 2.29. The summed E-state index contributed by atoms with van der Waals surface area (Å²) >= 11 is 0. The predicted octanol–water partition coefficient (Wildman–Crippen LogP) is 4.49. The van der Waals surface area contributed by atoms with Gasteiger partial charge in [-0.2, -0.15) is 5.26 Å². The molecule has 0 fully saturated rings. The second kappa shape index (κ2) is 9.06. The number of hydrogen-bond donors (Lipinski definition) is 1. The van der Waals surface area contributed by atoms with Crippen LogP contribution in [0.3, 0.4) is 0 Å². The minimum Gasteiger partial charge on any atom is -0.454 e. The molecule has 3 aromatic rings. The molecule has 0 unspecified atom stereocenters. The van der Waals surface area contributed by atoms with Crippen molar-refractivity contribution in [3.63, 3.8) is 0 Å². The monoisotopic (exact) mass is 426 g/mol. The Morgan fingerprint density at radius 2 is 1.84 bits per heavy atom. The summed E-state index contributed by atoms with van der Waals surface area (Å²) in [6.45, 7) is 2.01. The van der Waals surface area contributed by atoms with E-state index >= 15 is 0 Å². The third kappa shape index (κ3) is 4.77. The molecule has 0 spiro atoms. The maximum atomic E-state index is 12.6. The van der Waals surface area contributed by atoms with Crippen LogP contribution < -0.4 is 19.5 Å². The fourth-order valence-corrected chi connectivity index (χ4v) is 3.09. The number of anilines is 1. The minimum atomic E-state index is -0.575.